The number of hydrogen-bond donors (Lipinski definition) is 1. The van der Waals surface area contributed by atoms with Crippen molar-refractivity contribution < 1.29 is 4.79 Å². The van der Waals surface area contributed by atoms with E-state index in [0.29, 0.717) is 11.6 Å². The lowest BCUT2D eigenvalue weighted by Crippen LogP contribution is -2.18. The van der Waals surface area contributed by atoms with E-state index in [0.717, 1.165) is 29.7 Å². The molecule has 0 bridgehead atoms. The minimum Gasteiger partial charge on any atom is -0.384 e. The smallest absolute Gasteiger partial charge is 0.163 e. The summed E-state index contributed by atoms with van der Waals surface area (Å²) >= 11 is 5.89. The monoisotopic (exact) mass is 325 g/mol. The number of anilines is 1. The number of carbonyl (C=O) groups excluding carboxylic acids is 1. The Labute approximate surface area is 142 Å². The van der Waals surface area contributed by atoms with E-state index in [4.69, 9.17) is 11.6 Å². The van der Waals surface area contributed by atoms with Gasteiger partial charge in [-0.2, -0.15) is 0 Å². The Kier molecular flexibility index (Phi) is 4.82. The predicted octanol–water partition coefficient (Wildman–Crippen LogP) is 5.12. The lowest BCUT2D eigenvalue weighted by molar-refractivity contribution is -0.117. The van der Waals surface area contributed by atoms with Crippen molar-refractivity contribution in [2.45, 2.75) is 19.8 Å². The summed E-state index contributed by atoms with van der Waals surface area (Å²) in [6, 6.07) is 15.8. The van der Waals surface area contributed by atoms with Crippen LogP contribution in [0.2, 0.25) is 5.02 Å². The number of Topliss-reactive ketones (excluding diaryl/α,β-unsaturated/α-hetero) is 1. The van der Waals surface area contributed by atoms with Crippen LogP contribution in [-0.2, 0) is 4.79 Å². The van der Waals surface area contributed by atoms with Gasteiger partial charge in [0.2, 0.25) is 0 Å². The number of hydrogen-bond acceptors (Lipinski definition) is 2. The molecule has 118 valence electrons. The quantitative estimate of drug-likeness (QED) is 0.790. The van der Waals surface area contributed by atoms with E-state index in [9.17, 15) is 4.79 Å². The molecule has 2 nitrogen and oxygen atoms in total. The van der Waals surface area contributed by atoms with Crippen LogP contribution in [0, 0.1) is 12.8 Å². The third-order valence-corrected chi connectivity index (χ3v) is 4.52. The van der Waals surface area contributed by atoms with Gasteiger partial charge < -0.3 is 5.32 Å². The fourth-order valence-corrected chi connectivity index (χ4v) is 2.98. The number of allylic oxidation sites excluding steroid dienone is 1. The molecule has 2 aromatic carbocycles. The number of nitrogens with one attached hydrogen (secondary N) is 1. The van der Waals surface area contributed by atoms with E-state index in [2.05, 4.69) is 36.5 Å². The molecule has 3 rings (SSSR count). The fraction of sp³-hybridized carbons (Fsp3) is 0.250. The molecule has 23 heavy (non-hydrogen) atoms. The van der Waals surface area contributed by atoms with Crippen molar-refractivity contribution in [2.75, 3.05) is 11.9 Å². The molecule has 1 aliphatic rings. The molecule has 0 spiro atoms. The highest BCUT2D eigenvalue weighted by Crippen LogP contribution is 2.29. The molecular weight excluding hydrogens is 306 g/mol. The van der Waals surface area contributed by atoms with Crippen molar-refractivity contribution in [1.82, 2.24) is 0 Å². The first-order chi connectivity index (χ1) is 11.1. The van der Waals surface area contributed by atoms with Gasteiger partial charge in [0.15, 0.2) is 5.78 Å². The Morgan fingerprint density at radius 1 is 1.13 bits per heavy atom. The number of aryl methyl sites for hydroxylation is 1. The Hall–Kier alpha value is -2.06. The van der Waals surface area contributed by atoms with Crippen LogP contribution in [0.25, 0.3) is 6.08 Å². The van der Waals surface area contributed by atoms with E-state index in [1.807, 2.05) is 30.3 Å². The highest BCUT2D eigenvalue weighted by Gasteiger charge is 2.28. The summed E-state index contributed by atoms with van der Waals surface area (Å²) in [4.78, 5) is 12.5. The lowest BCUT2D eigenvalue weighted by atomic mass is 10.0. The number of ketones is 1. The molecule has 1 fully saturated rings. The summed E-state index contributed by atoms with van der Waals surface area (Å²) in [5, 5.41) is 4.08. The van der Waals surface area contributed by atoms with Crippen molar-refractivity contribution >= 4 is 29.1 Å². The molecule has 2 aromatic rings. The molecule has 1 unspecified atom stereocenters. The normalized spacial score (nSPS) is 19.3. The molecule has 1 saturated carbocycles. The molecule has 1 aliphatic carbocycles. The van der Waals surface area contributed by atoms with E-state index in [1.165, 1.54) is 5.56 Å². The van der Waals surface area contributed by atoms with Crippen molar-refractivity contribution in [3.05, 3.63) is 70.3 Å². The number of halogens is 1. The summed E-state index contributed by atoms with van der Waals surface area (Å²) in [7, 11) is 0. The Morgan fingerprint density at radius 2 is 1.83 bits per heavy atom. The highest BCUT2D eigenvalue weighted by molar-refractivity contribution is 6.30. The Balaban J connectivity index is 1.62. The molecule has 1 N–H and O–H groups in total. The molecule has 0 aromatic heterocycles. The van der Waals surface area contributed by atoms with Crippen LogP contribution in [0.3, 0.4) is 0 Å². The van der Waals surface area contributed by atoms with Crippen LogP contribution in [0.4, 0.5) is 5.69 Å². The van der Waals surface area contributed by atoms with Gasteiger partial charge in [-0.05, 0) is 61.2 Å². The maximum Gasteiger partial charge on any atom is 0.163 e. The van der Waals surface area contributed by atoms with E-state index >= 15 is 0 Å². The van der Waals surface area contributed by atoms with Gasteiger partial charge in [0, 0.05) is 23.2 Å². The number of benzene rings is 2. The summed E-state index contributed by atoms with van der Waals surface area (Å²) in [5.41, 5.74) is 4.26. The third kappa shape index (κ3) is 4.02. The zero-order valence-electron chi connectivity index (χ0n) is 13.2. The van der Waals surface area contributed by atoms with Gasteiger partial charge in [-0.25, -0.2) is 0 Å². The average molecular weight is 326 g/mol. The van der Waals surface area contributed by atoms with Crippen LogP contribution >= 0.6 is 11.6 Å². The summed E-state index contributed by atoms with van der Waals surface area (Å²) in [6.07, 6.45) is 3.75. The van der Waals surface area contributed by atoms with Crippen LogP contribution in [-0.4, -0.2) is 12.3 Å². The second-order valence-corrected chi connectivity index (χ2v) is 6.50. The van der Waals surface area contributed by atoms with E-state index in [-0.39, 0.29) is 11.7 Å². The van der Waals surface area contributed by atoms with E-state index in [1.54, 1.807) is 0 Å². The topological polar surface area (TPSA) is 29.1 Å². The number of rotatable bonds is 4. The van der Waals surface area contributed by atoms with Gasteiger partial charge in [0.1, 0.15) is 0 Å². The Morgan fingerprint density at radius 3 is 2.52 bits per heavy atom. The summed E-state index contributed by atoms with van der Waals surface area (Å²) in [5.74, 6) is 0.328. The summed E-state index contributed by atoms with van der Waals surface area (Å²) < 4.78 is 0. The molecule has 3 heteroatoms. The Bertz CT molecular complexity index is 716. The maximum atomic E-state index is 12.5. The van der Waals surface area contributed by atoms with Gasteiger partial charge in [0.25, 0.3) is 0 Å². The molecule has 0 heterocycles. The second-order valence-electron chi connectivity index (χ2n) is 6.07. The average Bonchev–Trinajstić information content (AvgIpc) is 2.90. The van der Waals surface area contributed by atoms with E-state index < -0.39 is 0 Å². The SMILES string of the molecule is Cc1ccc(NCC2CC/C(=C\c3ccc(Cl)cc3)C2=O)cc1. The molecule has 0 aliphatic heterocycles. The first-order valence-electron chi connectivity index (χ1n) is 7.93. The van der Waals surface area contributed by atoms with Gasteiger partial charge >= 0.3 is 0 Å². The molecular formula is C20H20ClNO. The van der Waals surface area contributed by atoms with Crippen LogP contribution in [0.5, 0.6) is 0 Å². The molecule has 0 saturated heterocycles. The molecule has 0 radical (unpaired) electrons. The van der Waals surface area contributed by atoms with Gasteiger partial charge in [-0.15, -0.1) is 0 Å². The van der Waals surface area contributed by atoms with Gasteiger partial charge in [0.05, 0.1) is 0 Å². The van der Waals surface area contributed by atoms with Crippen molar-refractivity contribution in [3.8, 4) is 0 Å². The van der Waals surface area contributed by atoms with Crippen LogP contribution in [0.15, 0.2) is 54.1 Å². The fourth-order valence-electron chi connectivity index (χ4n) is 2.86. The maximum absolute atomic E-state index is 12.5. The highest BCUT2D eigenvalue weighted by atomic mass is 35.5. The first-order valence-corrected chi connectivity index (χ1v) is 8.30. The van der Waals surface area contributed by atoms with Gasteiger partial charge in [-0.3, -0.25) is 4.79 Å². The number of carbonyl (C=O) groups is 1. The van der Waals surface area contributed by atoms with Crippen LogP contribution in [0.1, 0.15) is 24.0 Å². The molecule has 1 atom stereocenters. The standard InChI is InChI=1S/C20H20ClNO/c1-14-2-10-19(11-3-14)22-13-17-7-6-16(20(17)23)12-15-4-8-18(21)9-5-15/h2-5,8-12,17,22H,6-7,13H2,1H3/b16-12+. The van der Waals surface area contributed by atoms with Crippen molar-refractivity contribution in [2.24, 2.45) is 5.92 Å². The zero-order chi connectivity index (χ0) is 16.2. The first kappa shape index (κ1) is 15.8. The van der Waals surface area contributed by atoms with Crippen LogP contribution < -0.4 is 5.32 Å². The third-order valence-electron chi connectivity index (χ3n) is 4.26. The lowest BCUT2D eigenvalue weighted by Gasteiger charge is -2.11. The summed E-state index contributed by atoms with van der Waals surface area (Å²) in [6.45, 7) is 2.76. The minimum absolute atomic E-state index is 0.0647. The zero-order valence-corrected chi connectivity index (χ0v) is 13.9. The van der Waals surface area contributed by atoms with Gasteiger partial charge in [-0.1, -0.05) is 41.4 Å². The van der Waals surface area contributed by atoms with Crippen molar-refractivity contribution in [3.63, 3.8) is 0 Å². The largest absolute Gasteiger partial charge is 0.384 e. The predicted molar refractivity (Wildman–Crippen MR) is 96.8 cm³/mol. The minimum atomic E-state index is 0.0647. The van der Waals surface area contributed by atoms with Crippen molar-refractivity contribution in [1.29, 1.82) is 0 Å². The second kappa shape index (κ2) is 7.01. The molecule has 0 amide bonds.